The van der Waals surface area contributed by atoms with E-state index >= 15 is 0 Å². The van der Waals surface area contributed by atoms with Crippen LogP contribution in [0.4, 0.5) is 14.5 Å². The number of carboxylic acids is 1. The number of aromatic nitrogens is 2. The fraction of sp³-hybridized carbons (Fsp3) is 0.469. The van der Waals surface area contributed by atoms with Gasteiger partial charge in [0.25, 0.3) is 0 Å². The summed E-state index contributed by atoms with van der Waals surface area (Å²) in [5, 5.41) is 10.3. The highest BCUT2D eigenvalue weighted by Crippen LogP contribution is 2.43. The van der Waals surface area contributed by atoms with Gasteiger partial charge in [0.1, 0.15) is 17.4 Å². The van der Waals surface area contributed by atoms with Crippen LogP contribution in [0.15, 0.2) is 42.7 Å². The van der Waals surface area contributed by atoms with Crippen molar-refractivity contribution in [3.8, 4) is 17.0 Å². The van der Waals surface area contributed by atoms with Crippen LogP contribution >= 0.6 is 0 Å². The standard InChI is InChI=1S/C32H39F2N3O4/c1-20-27(29(30(38)39)41-31(2,3)4)28(37-14-12-32(5,6)13-15-37)24(19-35-20)26-10-9-23(18-36-26)40-16-11-21-7-8-22(33)17-25(21)34/h7-10,17-19,29H,11-16H2,1-6H3,(H,38,39)/t29-/m0/s1. The minimum absolute atomic E-state index is 0.194. The van der Waals surface area contributed by atoms with Gasteiger partial charge in [0.05, 0.1) is 29.8 Å². The Bertz CT molecular complexity index is 1380. The van der Waals surface area contributed by atoms with Crippen LogP contribution in [-0.4, -0.2) is 46.3 Å². The van der Waals surface area contributed by atoms with E-state index in [1.54, 1.807) is 18.5 Å². The number of anilines is 1. The predicted octanol–water partition coefficient (Wildman–Crippen LogP) is 6.92. The number of carbonyl (C=O) groups is 1. The monoisotopic (exact) mass is 567 g/mol. The van der Waals surface area contributed by atoms with E-state index in [9.17, 15) is 18.7 Å². The molecule has 0 radical (unpaired) electrons. The molecule has 1 aliphatic heterocycles. The third kappa shape index (κ3) is 7.58. The molecule has 4 rings (SSSR count). The summed E-state index contributed by atoms with van der Waals surface area (Å²) in [6, 6.07) is 7.07. The van der Waals surface area contributed by atoms with Crippen LogP contribution in [0, 0.1) is 24.0 Å². The second-order valence-corrected chi connectivity index (χ2v) is 12.3. The average Bonchev–Trinajstić information content (AvgIpc) is 2.88. The Morgan fingerprint density at radius 3 is 2.39 bits per heavy atom. The molecule has 0 unspecified atom stereocenters. The molecular weight excluding hydrogens is 528 g/mol. The first-order valence-electron chi connectivity index (χ1n) is 13.9. The molecule has 7 nitrogen and oxygen atoms in total. The molecule has 3 aromatic rings. The summed E-state index contributed by atoms with van der Waals surface area (Å²) >= 11 is 0. The van der Waals surface area contributed by atoms with Gasteiger partial charge in [-0.2, -0.15) is 0 Å². The van der Waals surface area contributed by atoms with E-state index in [2.05, 4.69) is 28.7 Å². The molecular formula is C32H39F2N3O4. The van der Waals surface area contributed by atoms with Crippen molar-refractivity contribution < 1.29 is 28.2 Å². The first-order valence-corrected chi connectivity index (χ1v) is 13.9. The Kier molecular flexibility index (Phi) is 8.97. The van der Waals surface area contributed by atoms with Crippen LogP contribution in [0.3, 0.4) is 0 Å². The van der Waals surface area contributed by atoms with Crippen LogP contribution in [0.5, 0.6) is 5.75 Å². The number of carboxylic acid groups (broad SMARTS) is 1. The van der Waals surface area contributed by atoms with Crippen LogP contribution < -0.4 is 9.64 Å². The van der Waals surface area contributed by atoms with Gasteiger partial charge in [-0.1, -0.05) is 19.9 Å². The Labute approximate surface area is 240 Å². The summed E-state index contributed by atoms with van der Waals surface area (Å²) in [6.45, 7) is 13.5. The van der Waals surface area contributed by atoms with Gasteiger partial charge in [-0.05, 0) is 69.7 Å². The molecule has 1 aromatic carbocycles. The third-order valence-corrected chi connectivity index (χ3v) is 7.35. The van der Waals surface area contributed by atoms with Crippen molar-refractivity contribution in [3.05, 3.63) is 71.2 Å². The van der Waals surface area contributed by atoms with Gasteiger partial charge in [-0.25, -0.2) is 13.6 Å². The number of benzene rings is 1. The molecule has 0 amide bonds. The summed E-state index contributed by atoms with van der Waals surface area (Å²) in [7, 11) is 0. The Morgan fingerprint density at radius 2 is 1.80 bits per heavy atom. The van der Waals surface area contributed by atoms with Crippen molar-refractivity contribution in [2.24, 2.45) is 5.41 Å². The maximum atomic E-state index is 13.9. The number of hydrogen-bond donors (Lipinski definition) is 1. The lowest BCUT2D eigenvalue weighted by atomic mass is 9.82. The van der Waals surface area contributed by atoms with E-state index in [4.69, 9.17) is 9.47 Å². The summed E-state index contributed by atoms with van der Waals surface area (Å²) in [5.41, 5.74) is 3.12. The van der Waals surface area contributed by atoms with Crippen molar-refractivity contribution in [2.45, 2.75) is 72.5 Å². The van der Waals surface area contributed by atoms with Crippen LogP contribution in [0.1, 0.15) is 70.4 Å². The number of aliphatic carboxylic acids is 1. The molecule has 9 heteroatoms. The van der Waals surface area contributed by atoms with Gasteiger partial charge in [0.2, 0.25) is 0 Å². The van der Waals surface area contributed by atoms with Crippen LogP contribution in [0.2, 0.25) is 0 Å². The number of piperidine rings is 1. The maximum absolute atomic E-state index is 13.9. The van der Waals surface area contributed by atoms with Crippen LogP contribution in [-0.2, 0) is 16.0 Å². The number of rotatable bonds is 9. The van der Waals surface area contributed by atoms with E-state index in [1.165, 1.54) is 12.1 Å². The molecule has 0 aliphatic carbocycles. The SMILES string of the molecule is Cc1ncc(-c2ccc(OCCc3ccc(F)cc3F)cn2)c(N2CCC(C)(C)CC2)c1[C@H](OC(C)(C)C)C(=O)O. The van der Waals surface area contributed by atoms with Crippen molar-refractivity contribution in [1.29, 1.82) is 0 Å². The predicted molar refractivity (Wildman–Crippen MR) is 154 cm³/mol. The zero-order valence-corrected chi connectivity index (χ0v) is 24.6. The normalized spacial score (nSPS) is 16.0. The zero-order valence-electron chi connectivity index (χ0n) is 24.6. The van der Waals surface area contributed by atoms with Crippen molar-refractivity contribution in [2.75, 3.05) is 24.6 Å². The molecule has 0 saturated carbocycles. The Balaban J connectivity index is 1.66. The molecule has 1 atom stereocenters. The average molecular weight is 568 g/mol. The van der Waals surface area contributed by atoms with Gasteiger partial charge < -0.3 is 19.5 Å². The number of nitrogens with zero attached hydrogens (tertiary/aromatic N) is 3. The first kappa shape index (κ1) is 30.4. The molecule has 1 N–H and O–H groups in total. The lowest BCUT2D eigenvalue weighted by Gasteiger charge is -2.40. The molecule has 0 spiro atoms. The lowest BCUT2D eigenvalue weighted by Crippen LogP contribution is -2.39. The zero-order chi connectivity index (χ0) is 29.9. The third-order valence-electron chi connectivity index (χ3n) is 7.35. The second kappa shape index (κ2) is 12.1. The second-order valence-electron chi connectivity index (χ2n) is 12.3. The topological polar surface area (TPSA) is 84.8 Å². The fourth-order valence-electron chi connectivity index (χ4n) is 5.00. The van der Waals surface area contributed by atoms with Gasteiger partial charge in [0.15, 0.2) is 6.10 Å². The number of halogens is 2. The van der Waals surface area contributed by atoms with Crippen molar-refractivity contribution >= 4 is 11.7 Å². The smallest absolute Gasteiger partial charge is 0.337 e. The van der Waals surface area contributed by atoms with E-state index in [0.717, 1.165) is 37.7 Å². The maximum Gasteiger partial charge on any atom is 0.337 e. The highest BCUT2D eigenvalue weighted by molar-refractivity contribution is 5.85. The van der Waals surface area contributed by atoms with Crippen LogP contribution in [0.25, 0.3) is 11.3 Å². The van der Waals surface area contributed by atoms with Crippen molar-refractivity contribution in [1.82, 2.24) is 9.97 Å². The number of ether oxygens (including phenoxy) is 2. The molecule has 220 valence electrons. The summed E-state index contributed by atoms with van der Waals surface area (Å²) in [6.07, 6.45) is 4.31. The van der Waals surface area contributed by atoms with E-state index < -0.39 is 29.3 Å². The summed E-state index contributed by atoms with van der Waals surface area (Å²) < 4.78 is 39.0. The van der Waals surface area contributed by atoms with Crippen molar-refractivity contribution in [3.63, 3.8) is 0 Å². The Hall–Kier alpha value is -3.59. The summed E-state index contributed by atoms with van der Waals surface area (Å²) in [4.78, 5) is 24.0. The van der Waals surface area contributed by atoms with Gasteiger partial charge in [-0.15, -0.1) is 0 Å². The minimum Gasteiger partial charge on any atom is -0.492 e. The van der Waals surface area contributed by atoms with E-state index in [0.29, 0.717) is 33.8 Å². The Morgan fingerprint density at radius 1 is 1.10 bits per heavy atom. The quantitative estimate of drug-likeness (QED) is 0.300. The first-order chi connectivity index (χ1) is 19.2. The number of aryl methyl sites for hydroxylation is 1. The van der Waals surface area contributed by atoms with E-state index in [-0.39, 0.29) is 18.4 Å². The summed E-state index contributed by atoms with van der Waals surface area (Å²) in [5.74, 6) is -1.80. The largest absolute Gasteiger partial charge is 0.492 e. The number of hydrogen-bond acceptors (Lipinski definition) is 6. The molecule has 2 aromatic heterocycles. The minimum atomic E-state index is -1.21. The van der Waals surface area contributed by atoms with Gasteiger partial charge in [0, 0.05) is 48.6 Å². The highest BCUT2D eigenvalue weighted by Gasteiger charge is 2.36. The molecule has 1 aliphatic rings. The molecule has 3 heterocycles. The lowest BCUT2D eigenvalue weighted by molar-refractivity contribution is -0.160. The van der Waals surface area contributed by atoms with E-state index in [1.807, 2.05) is 33.8 Å². The fourth-order valence-corrected chi connectivity index (χ4v) is 5.00. The molecule has 1 saturated heterocycles. The molecule has 0 bridgehead atoms. The van der Waals surface area contributed by atoms with Gasteiger partial charge >= 0.3 is 5.97 Å². The molecule has 1 fully saturated rings. The number of pyridine rings is 2. The van der Waals surface area contributed by atoms with Gasteiger partial charge in [-0.3, -0.25) is 9.97 Å². The molecule has 41 heavy (non-hydrogen) atoms. The highest BCUT2D eigenvalue weighted by atomic mass is 19.1.